The first-order valence-electron chi connectivity index (χ1n) is 3.70. The predicted molar refractivity (Wildman–Crippen MR) is 49.1 cm³/mol. The van der Waals surface area contributed by atoms with E-state index in [-0.39, 0.29) is 12.0 Å². The van der Waals surface area contributed by atoms with Crippen LogP contribution in [0.5, 0.6) is 0 Å². The fourth-order valence-electron chi connectivity index (χ4n) is 0.828. The molecule has 0 radical (unpaired) electrons. The molecule has 0 spiro atoms. The topological polar surface area (TPSA) is 44.0 Å². The van der Waals surface area contributed by atoms with Crippen molar-refractivity contribution in [3.63, 3.8) is 0 Å². The highest BCUT2D eigenvalue weighted by Gasteiger charge is 2.21. The molecule has 12 heavy (non-hydrogen) atoms. The Hall–Kier alpha value is -0.850. The van der Waals surface area contributed by atoms with E-state index in [0.717, 1.165) is 4.88 Å². The van der Waals surface area contributed by atoms with E-state index in [1.165, 1.54) is 11.3 Å². The van der Waals surface area contributed by atoms with Crippen molar-refractivity contribution in [3.8, 4) is 6.07 Å². The molecule has 0 bridgehead atoms. The first-order chi connectivity index (χ1) is 5.60. The molecule has 0 aromatic carbocycles. The third-order valence-electron chi connectivity index (χ3n) is 1.79. The van der Waals surface area contributed by atoms with Crippen molar-refractivity contribution in [2.75, 3.05) is 6.61 Å². The monoisotopic (exact) mass is 181 g/mol. The van der Waals surface area contributed by atoms with Gasteiger partial charge in [-0.1, -0.05) is 13.8 Å². The van der Waals surface area contributed by atoms with Gasteiger partial charge in [0.1, 0.15) is 6.07 Å². The van der Waals surface area contributed by atoms with Gasteiger partial charge in [0, 0.05) is 15.7 Å². The summed E-state index contributed by atoms with van der Waals surface area (Å²) >= 11 is 1.52. The minimum Gasteiger partial charge on any atom is -0.395 e. The van der Waals surface area contributed by atoms with Gasteiger partial charge in [0.2, 0.25) is 0 Å². The lowest BCUT2D eigenvalue weighted by atomic mass is 9.92. The van der Waals surface area contributed by atoms with Crippen LogP contribution in [0.3, 0.4) is 0 Å². The van der Waals surface area contributed by atoms with Crippen LogP contribution in [-0.4, -0.2) is 11.7 Å². The van der Waals surface area contributed by atoms with Crippen LogP contribution in [0.2, 0.25) is 0 Å². The van der Waals surface area contributed by atoms with Crippen LogP contribution >= 0.6 is 11.3 Å². The molecular weight excluding hydrogens is 170 g/mol. The van der Waals surface area contributed by atoms with Crippen LogP contribution in [0.15, 0.2) is 11.4 Å². The second-order valence-corrected chi connectivity index (χ2v) is 4.26. The molecule has 0 atom stereocenters. The van der Waals surface area contributed by atoms with Crippen LogP contribution in [0.4, 0.5) is 0 Å². The zero-order valence-corrected chi connectivity index (χ0v) is 7.98. The smallest absolute Gasteiger partial charge is 0.100 e. The minimum absolute atomic E-state index is 0.110. The van der Waals surface area contributed by atoms with E-state index >= 15 is 0 Å². The summed E-state index contributed by atoms with van der Waals surface area (Å²) in [4.78, 5) is 1.06. The average Bonchev–Trinajstić information content (AvgIpc) is 2.52. The highest BCUT2D eigenvalue weighted by Crippen LogP contribution is 2.28. The quantitative estimate of drug-likeness (QED) is 0.757. The van der Waals surface area contributed by atoms with Crippen LogP contribution < -0.4 is 0 Å². The van der Waals surface area contributed by atoms with Gasteiger partial charge >= 0.3 is 0 Å². The van der Waals surface area contributed by atoms with Gasteiger partial charge in [-0.05, 0) is 6.07 Å². The van der Waals surface area contributed by atoms with Gasteiger partial charge in [-0.25, -0.2) is 0 Å². The molecule has 0 aliphatic rings. The number of aliphatic hydroxyl groups excluding tert-OH is 1. The Balaban J connectivity index is 2.98. The summed E-state index contributed by atoms with van der Waals surface area (Å²) < 4.78 is 0. The molecule has 0 amide bonds. The molecule has 64 valence electrons. The number of hydrogen-bond acceptors (Lipinski definition) is 3. The number of thiophene rings is 1. The van der Waals surface area contributed by atoms with E-state index in [1.54, 1.807) is 0 Å². The van der Waals surface area contributed by atoms with Crippen molar-refractivity contribution in [1.82, 2.24) is 0 Å². The molecule has 0 saturated heterocycles. The third-order valence-corrected chi connectivity index (χ3v) is 3.09. The number of nitriles is 1. The number of aliphatic hydroxyl groups is 1. The van der Waals surface area contributed by atoms with E-state index in [4.69, 9.17) is 10.4 Å². The summed E-state index contributed by atoms with van der Waals surface area (Å²) in [7, 11) is 0. The van der Waals surface area contributed by atoms with Crippen LogP contribution in [0, 0.1) is 11.3 Å². The Kier molecular flexibility index (Phi) is 2.51. The second kappa shape index (κ2) is 3.26. The van der Waals surface area contributed by atoms with Gasteiger partial charge in [-0.2, -0.15) is 5.26 Å². The van der Waals surface area contributed by atoms with Crippen molar-refractivity contribution in [2.24, 2.45) is 0 Å². The predicted octanol–water partition coefficient (Wildman–Crippen LogP) is 1.89. The van der Waals surface area contributed by atoms with E-state index in [9.17, 15) is 0 Å². The second-order valence-electron chi connectivity index (χ2n) is 3.35. The number of nitrogens with zero attached hydrogens (tertiary/aromatic N) is 1. The maximum absolute atomic E-state index is 9.05. The summed E-state index contributed by atoms with van der Waals surface area (Å²) in [5, 5.41) is 19.4. The fraction of sp³-hybridized carbons (Fsp3) is 0.444. The molecule has 1 heterocycles. The fourth-order valence-corrected chi connectivity index (χ4v) is 1.78. The summed E-state index contributed by atoms with van der Waals surface area (Å²) in [6, 6.07) is 3.91. The zero-order chi connectivity index (χ0) is 9.19. The Morgan fingerprint density at radius 1 is 1.67 bits per heavy atom. The van der Waals surface area contributed by atoms with Gasteiger partial charge in [0.05, 0.1) is 12.2 Å². The van der Waals surface area contributed by atoms with Crippen molar-refractivity contribution >= 4 is 11.3 Å². The van der Waals surface area contributed by atoms with Crippen LogP contribution in [0.1, 0.15) is 24.3 Å². The van der Waals surface area contributed by atoms with E-state index in [1.807, 2.05) is 25.3 Å². The molecule has 1 aromatic heterocycles. The van der Waals surface area contributed by atoms with Crippen molar-refractivity contribution in [3.05, 3.63) is 21.9 Å². The first-order valence-corrected chi connectivity index (χ1v) is 4.58. The lowest BCUT2D eigenvalue weighted by Gasteiger charge is -2.18. The average molecular weight is 181 g/mol. The van der Waals surface area contributed by atoms with Gasteiger partial charge in [-0.3, -0.25) is 0 Å². The van der Waals surface area contributed by atoms with Crippen molar-refractivity contribution in [2.45, 2.75) is 19.3 Å². The lowest BCUT2D eigenvalue weighted by Crippen LogP contribution is -2.20. The Bertz CT molecular complexity index is 309. The van der Waals surface area contributed by atoms with Gasteiger partial charge < -0.3 is 5.11 Å². The Labute approximate surface area is 76.1 Å². The molecule has 0 fully saturated rings. The molecule has 0 unspecified atom stereocenters. The summed E-state index contributed by atoms with van der Waals surface area (Å²) in [6.45, 7) is 4.03. The summed E-state index contributed by atoms with van der Waals surface area (Å²) in [5.41, 5.74) is 0.455. The third kappa shape index (κ3) is 1.66. The van der Waals surface area contributed by atoms with Crippen LogP contribution in [0.25, 0.3) is 0 Å². The van der Waals surface area contributed by atoms with Crippen LogP contribution in [-0.2, 0) is 5.41 Å². The highest BCUT2D eigenvalue weighted by molar-refractivity contribution is 7.10. The maximum Gasteiger partial charge on any atom is 0.100 e. The van der Waals surface area contributed by atoms with E-state index < -0.39 is 0 Å². The van der Waals surface area contributed by atoms with Gasteiger partial charge in [-0.15, -0.1) is 11.3 Å². The molecule has 3 heteroatoms. The molecule has 1 N–H and O–H groups in total. The molecular formula is C9H11NOS. The first kappa shape index (κ1) is 9.24. The van der Waals surface area contributed by atoms with Gasteiger partial charge in [0.15, 0.2) is 0 Å². The number of rotatable bonds is 2. The van der Waals surface area contributed by atoms with E-state index in [0.29, 0.717) is 5.56 Å². The lowest BCUT2D eigenvalue weighted by molar-refractivity contribution is 0.221. The van der Waals surface area contributed by atoms with Crippen molar-refractivity contribution in [1.29, 1.82) is 5.26 Å². The molecule has 1 rings (SSSR count). The van der Waals surface area contributed by atoms with Gasteiger partial charge in [0.25, 0.3) is 0 Å². The largest absolute Gasteiger partial charge is 0.395 e. The standard InChI is InChI=1S/C9H11NOS/c1-9(2,6-11)8-3-7(4-10)5-12-8/h3,5,11H,6H2,1-2H3. The van der Waals surface area contributed by atoms with E-state index in [2.05, 4.69) is 6.07 Å². The minimum atomic E-state index is -0.222. The number of hydrogen-bond donors (Lipinski definition) is 1. The molecule has 0 saturated carbocycles. The molecule has 1 aromatic rings. The molecule has 0 aliphatic carbocycles. The highest BCUT2D eigenvalue weighted by atomic mass is 32.1. The Morgan fingerprint density at radius 2 is 2.33 bits per heavy atom. The normalized spacial score (nSPS) is 11.2. The molecule has 0 aliphatic heterocycles. The van der Waals surface area contributed by atoms with Crippen molar-refractivity contribution < 1.29 is 5.11 Å². The zero-order valence-electron chi connectivity index (χ0n) is 7.16. The SMILES string of the molecule is CC(C)(CO)c1cc(C#N)cs1. The summed E-state index contributed by atoms with van der Waals surface area (Å²) in [6.07, 6.45) is 0. The Morgan fingerprint density at radius 3 is 2.75 bits per heavy atom. The maximum atomic E-state index is 9.05. The molecule has 2 nitrogen and oxygen atoms in total. The summed E-state index contributed by atoms with van der Waals surface area (Å²) in [5.74, 6) is 0.